The van der Waals surface area contributed by atoms with Crippen LogP contribution in [0.3, 0.4) is 0 Å². The van der Waals surface area contributed by atoms with Gasteiger partial charge in [-0.2, -0.15) is 0 Å². The van der Waals surface area contributed by atoms with Crippen LogP contribution in [0.15, 0.2) is 24.3 Å². The molecule has 2 rings (SSSR count). The number of methoxy groups -OCH3 is 1. The number of aromatic nitrogens is 1. The van der Waals surface area contributed by atoms with Gasteiger partial charge in [0.1, 0.15) is 0 Å². The molecule has 0 atom stereocenters. The Morgan fingerprint density at radius 2 is 2.13 bits per heavy atom. The minimum absolute atomic E-state index is 0.641. The molecule has 1 heterocycles. The molecule has 15 heavy (non-hydrogen) atoms. The van der Waals surface area contributed by atoms with E-state index in [4.69, 9.17) is 10.5 Å². The highest BCUT2D eigenvalue weighted by molar-refractivity contribution is 5.84. The molecule has 0 fully saturated rings. The number of rotatable bonds is 3. The lowest BCUT2D eigenvalue weighted by Crippen LogP contribution is -2.01. The third-order valence-electron chi connectivity index (χ3n) is 2.62. The van der Waals surface area contributed by atoms with Gasteiger partial charge in [0, 0.05) is 35.9 Å². The molecule has 2 N–H and O–H groups in total. The molecule has 0 radical (unpaired) electrons. The van der Waals surface area contributed by atoms with Crippen LogP contribution in [0.5, 0.6) is 0 Å². The number of hydrogen-bond acceptors (Lipinski definition) is 2. The largest absolute Gasteiger partial charge is 0.399 e. The van der Waals surface area contributed by atoms with Crippen LogP contribution in [0, 0.1) is 0 Å². The average molecular weight is 204 g/mol. The molecule has 0 unspecified atom stereocenters. The standard InChI is InChI=1S/C12H16N2O/c1-3-14-11(8-15-2)7-9-6-10(13)4-5-12(9)14/h4-7H,3,8,13H2,1-2H3. The predicted molar refractivity (Wildman–Crippen MR) is 62.7 cm³/mol. The van der Waals surface area contributed by atoms with E-state index in [2.05, 4.69) is 23.6 Å². The van der Waals surface area contributed by atoms with Gasteiger partial charge in [-0.25, -0.2) is 0 Å². The number of nitrogens with zero attached hydrogens (tertiary/aromatic N) is 1. The normalized spacial score (nSPS) is 11.1. The summed E-state index contributed by atoms with van der Waals surface area (Å²) in [5, 5.41) is 1.18. The van der Waals surface area contributed by atoms with Crippen molar-refractivity contribution in [3.8, 4) is 0 Å². The fraction of sp³-hybridized carbons (Fsp3) is 0.333. The van der Waals surface area contributed by atoms with Crippen molar-refractivity contribution in [1.29, 1.82) is 0 Å². The van der Waals surface area contributed by atoms with Crippen molar-refractivity contribution in [3.63, 3.8) is 0 Å². The maximum Gasteiger partial charge on any atom is 0.0864 e. The number of nitrogens with two attached hydrogens (primary N) is 1. The maximum atomic E-state index is 5.76. The molecule has 0 aliphatic carbocycles. The summed E-state index contributed by atoms with van der Waals surface area (Å²) in [5.74, 6) is 0. The molecule has 3 heteroatoms. The smallest absolute Gasteiger partial charge is 0.0864 e. The topological polar surface area (TPSA) is 40.2 Å². The lowest BCUT2D eigenvalue weighted by Gasteiger charge is -2.06. The first-order chi connectivity index (χ1) is 7.26. The van der Waals surface area contributed by atoms with Crippen LogP contribution in [0.1, 0.15) is 12.6 Å². The quantitative estimate of drug-likeness (QED) is 0.780. The van der Waals surface area contributed by atoms with Crippen LogP contribution in [0.2, 0.25) is 0 Å². The van der Waals surface area contributed by atoms with E-state index in [0.29, 0.717) is 6.61 Å². The summed E-state index contributed by atoms with van der Waals surface area (Å²) in [4.78, 5) is 0. The minimum Gasteiger partial charge on any atom is -0.399 e. The van der Waals surface area contributed by atoms with Gasteiger partial charge in [0.25, 0.3) is 0 Å². The van der Waals surface area contributed by atoms with Gasteiger partial charge in [-0.3, -0.25) is 0 Å². The monoisotopic (exact) mass is 204 g/mol. The predicted octanol–water partition coefficient (Wildman–Crippen LogP) is 2.39. The number of nitrogen functional groups attached to an aromatic ring is 1. The molecule has 0 spiro atoms. The number of hydrogen-bond donors (Lipinski definition) is 1. The Kier molecular flexibility index (Phi) is 2.64. The minimum atomic E-state index is 0.641. The molecule has 1 aromatic heterocycles. The summed E-state index contributed by atoms with van der Waals surface area (Å²) in [6.45, 7) is 3.73. The summed E-state index contributed by atoms with van der Waals surface area (Å²) in [6.07, 6.45) is 0. The molecule has 0 aliphatic heterocycles. The number of aryl methyl sites for hydroxylation is 1. The van der Waals surface area contributed by atoms with E-state index in [0.717, 1.165) is 12.2 Å². The van der Waals surface area contributed by atoms with Gasteiger partial charge in [-0.1, -0.05) is 0 Å². The summed E-state index contributed by atoms with van der Waals surface area (Å²) in [6, 6.07) is 8.14. The van der Waals surface area contributed by atoms with Crippen molar-refractivity contribution >= 4 is 16.6 Å². The molecule has 0 aliphatic rings. The van der Waals surface area contributed by atoms with Crippen molar-refractivity contribution in [3.05, 3.63) is 30.0 Å². The second-order valence-corrected chi connectivity index (χ2v) is 3.63. The molecule has 0 saturated carbocycles. The average Bonchev–Trinajstić information content (AvgIpc) is 2.54. The first-order valence-corrected chi connectivity index (χ1v) is 5.13. The van der Waals surface area contributed by atoms with E-state index in [1.807, 2.05) is 12.1 Å². The van der Waals surface area contributed by atoms with Gasteiger partial charge in [-0.05, 0) is 31.2 Å². The zero-order valence-corrected chi connectivity index (χ0v) is 9.16. The Balaban J connectivity index is 2.62. The summed E-state index contributed by atoms with van der Waals surface area (Å²) in [7, 11) is 1.71. The first kappa shape index (κ1) is 10.1. The van der Waals surface area contributed by atoms with E-state index in [1.165, 1.54) is 16.6 Å². The number of ether oxygens (including phenoxy) is 1. The van der Waals surface area contributed by atoms with Gasteiger partial charge in [0.2, 0.25) is 0 Å². The highest BCUT2D eigenvalue weighted by Crippen LogP contribution is 2.22. The number of anilines is 1. The number of benzene rings is 1. The highest BCUT2D eigenvalue weighted by atomic mass is 16.5. The zero-order valence-electron chi connectivity index (χ0n) is 9.16. The van der Waals surface area contributed by atoms with Crippen molar-refractivity contribution in [2.75, 3.05) is 12.8 Å². The van der Waals surface area contributed by atoms with Crippen molar-refractivity contribution in [2.45, 2.75) is 20.1 Å². The van der Waals surface area contributed by atoms with Gasteiger partial charge >= 0.3 is 0 Å². The van der Waals surface area contributed by atoms with Crippen LogP contribution >= 0.6 is 0 Å². The first-order valence-electron chi connectivity index (χ1n) is 5.13. The molecule has 80 valence electrons. The second-order valence-electron chi connectivity index (χ2n) is 3.63. The van der Waals surface area contributed by atoms with Gasteiger partial charge in [0.15, 0.2) is 0 Å². The Bertz CT molecular complexity index is 474. The van der Waals surface area contributed by atoms with Crippen LogP contribution in [-0.4, -0.2) is 11.7 Å². The molecule has 2 aromatic rings. The fourth-order valence-corrected chi connectivity index (χ4v) is 1.99. The Hall–Kier alpha value is -1.48. The van der Waals surface area contributed by atoms with Crippen LogP contribution in [0.4, 0.5) is 5.69 Å². The fourth-order valence-electron chi connectivity index (χ4n) is 1.99. The van der Waals surface area contributed by atoms with E-state index in [-0.39, 0.29) is 0 Å². The van der Waals surface area contributed by atoms with Crippen molar-refractivity contribution in [1.82, 2.24) is 4.57 Å². The maximum absolute atomic E-state index is 5.76. The third kappa shape index (κ3) is 1.70. The van der Waals surface area contributed by atoms with E-state index < -0.39 is 0 Å². The van der Waals surface area contributed by atoms with Crippen LogP contribution < -0.4 is 5.73 Å². The Morgan fingerprint density at radius 3 is 2.80 bits per heavy atom. The summed E-state index contributed by atoms with van der Waals surface area (Å²) in [5.41, 5.74) is 8.98. The van der Waals surface area contributed by atoms with Gasteiger partial charge in [0.05, 0.1) is 6.61 Å². The zero-order chi connectivity index (χ0) is 10.8. The third-order valence-corrected chi connectivity index (χ3v) is 2.62. The Labute approximate surface area is 89.4 Å². The van der Waals surface area contributed by atoms with E-state index in [9.17, 15) is 0 Å². The second kappa shape index (κ2) is 3.95. The van der Waals surface area contributed by atoms with Gasteiger partial charge < -0.3 is 15.0 Å². The van der Waals surface area contributed by atoms with Crippen molar-refractivity contribution in [2.24, 2.45) is 0 Å². The van der Waals surface area contributed by atoms with Crippen LogP contribution in [-0.2, 0) is 17.9 Å². The summed E-state index contributed by atoms with van der Waals surface area (Å²) >= 11 is 0. The lowest BCUT2D eigenvalue weighted by molar-refractivity contribution is 0.178. The molecule has 0 amide bonds. The molecule has 0 bridgehead atoms. The molecular formula is C12H16N2O. The van der Waals surface area contributed by atoms with E-state index >= 15 is 0 Å². The molecule has 0 saturated heterocycles. The lowest BCUT2D eigenvalue weighted by atomic mass is 10.2. The Morgan fingerprint density at radius 1 is 1.33 bits per heavy atom. The highest BCUT2D eigenvalue weighted by Gasteiger charge is 2.06. The van der Waals surface area contributed by atoms with Crippen molar-refractivity contribution < 1.29 is 4.74 Å². The summed E-state index contributed by atoms with van der Waals surface area (Å²) < 4.78 is 7.43. The van der Waals surface area contributed by atoms with Gasteiger partial charge in [-0.15, -0.1) is 0 Å². The SMILES string of the molecule is CCn1c(COC)cc2cc(N)ccc21. The number of fused-ring (bicyclic) bond motifs is 1. The molecule has 3 nitrogen and oxygen atoms in total. The van der Waals surface area contributed by atoms with E-state index in [1.54, 1.807) is 7.11 Å². The molecule has 1 aromatic carbocycles. The molecular weight excluding hydrogens is 188 g/mol. The van der Waals surface area contributed by atoms with Crippen LogP contribution in [0.25, 0.3) is 10.9 Å².